The molecule has 0 aromatic rings. The molecule has 1 saturated carbocycles. The maximum absolute atomic E-state index is 10.8. The third-order valence-corrected chi connectivity index (χ3v) is 2.98. The van der Waals surface area contributed by atoms with Gasteiger partial charge in [0.1, 0.15) is 5.78 Å². The number of carbonyl (C=O) groups excluding carboxylic acids is 1. The van der Waals surface area contributed by atoms with Crippen LogP contribution >= 0.6 is 11.6 Å². The summed E-state index contributed by atoms with van der Waals surface area (Å²) in [7, 11) is 0. The highest BCUT2D eigenvalue weighted by Gasteiger charge is 2.28. The van der Waals surface area contributed by atoms with E-state index in [0.29, 0.717) is 11.7 Å². The summed E-state index contributed by atoms with van der Waals surface area (Å²) in [6.45, 7) is 2.16. The van der Waals surface area contributed by atoms with Crippen molar-refractivity contribution in [3.05, 3.63) is 0 Å². The predicted octanol–water partition coefficient (Wildman–Crippen LogP) is 2.37. The van der Waals surface area contributed by atoms with Gasteiger partial charge in [-0.2, -0.15) is 0 Å². The highest BCUT2D eigenvalue weighted by molar-refractivity contribution is 6.18. The van der Waals surface area contributed by atoms with Crippen LogP contribution in [0.1, 0.15) is 32.6 Å². The van der Waals surface area contributed by atoms with Crippen molar-refractivity contribution in [1.29, 1.82) is 0 Å². The molecule has 0 aromatic heterocycles. The molecular formula is C8H13ClO. The van der Waals surface area contributed by atoms with Crippen molar-refractivity contribution in [2.45, 2.75) is 32.6 Å². The van der Waals surface area contributed by atoms with E-state index in [1.807, 2.05) is 0 Å². The van der Waals surface area contributed by atoms with Crippen molar-refractivity contribution < 1.29 is 4.79 Å². The molecule has 0 radical (unpaired) electrons. The summed E-state index contributed by atoms with van der Waals surface area (Å²) >= 11 is 5.76. The van der Waals surface area contributed by atoms with Crippen LogP contribution in [0.25, 0.3) is 0 Å². The highest BCUT2D eigenvalue weighted by Crippen LogP contribution is 2.34. The van der Waals surface area contributed by atoms with Gasteiger partial charge in [-0.1, -0.05) is 6.92 Å². The van der Waals surface area contributed by atoms with Crippen molar-refractivity contribution in [3.63, 3.8) is 0 Å². The second-order valence-corrected chi connectivity index (χ2v) is 3.75. The number of Topliss-reactive ketones (excluding diaryl/α,β-unsaturated/α-hetero) is 1. The predicted molar refractivity (Wildman–Crippen MR) is 42.3 cm³/mol. The summed E-state index contributed by atoms with van der Waals surface area (Å²) in [6, 6.07) is 0. The van der Waals surface area contributed by atoms with Gasteiger partial charge in [-0.05, 0) is 18.3 Å². The van der Waals surface area contributed by atoms with E-state index in [0.717, 1.165) is 25.7 Å². The van der Waals surface area contributed by atoms with Crippen LogP contribution in [0.3, 0.4) is 0 Å². The molecule has 0 saturated heterocycles. The van der Waals surface area contributed by atoms with Crippen LogP contribution in [0.2, 0.25) is 0 Å². The molecule has 0 atom stereocenters. The standard InChI is InChI=1S/C8H13ClO/c1-8(6-9)4-2-7(10)3-5-8/h2-6H2,1H3. The van der Waals surface area contributed by atoms with Gasteiger partial charge in [0.15, 0.2) is 0 Å². The molecule has 1 nitrogen and oxygen atoms in total. The van der Waals surface area contributed by atoms with E-state index in [9.17, 15) is 4.79 Å². The SMILES string of the molecule is CC1(CCl)CCC(=O)CC1. The minimum absolute atomic E-state index is 0.246. The Hall–Kier alpha value is -0.0400. The zero-order valence-electron chi connectivity index (χ0n) is 6.32. The lowest BCUT2D eigenvalue weighted by atomic mass is 9.77. The number of carbonyl (C=O) groups is 1. The van der Waals surface area contributed by atoms with Crippen molar-refractivity contribution in [1.82, 2.24) is 0 Å². The summed E-state index contributed by atoms with van der Waals surface area (Å²) in [5.41, 5.74) is 0.246. The molecule has 2 heteroatoms. The van der Waals surface area contributed by atoms with E-state index >= 15 is 0 Å². The van der Waals surface area contributed by atoms with E-state index in [1.54, 1.807) is 0 Å². The van der Waals surface area contributed by atoms with Gasteiger partial charge in [0.25, 0.3) is 0 Å². The monoisotopic (exact) mass is 160 g/mol. The molecule has 1 aliphatic rings. The highest BCUT2D eigenvalue weighted by atomic mass is 35.5. The van der Waals surface area contributed by atoms with Gasteiger partial charge in [-0.3, -0.25) is 4.79 Å². The first-order valence-corrected chi connectivity index (χ1v) is 4.27. The lowest BCUT2D eigenvalue weighted by Crippen LogP contribution is -2.25. The quantitative estimate of drug-likeness (QED) is 0.539. The Morgan fingerprint density at radius 1 is 1.50 bits per heavy atom. The van der Waals surface area contributed by atoms with E-state index in [-0.39, 0.29) is 5.41 Å². The number of ketones is 1. The third kappa shape index (κ3) is 1.72. The number of alkyl halides is 1. The van der Waals surface area contributed by atoms with Gasteiger partial charge in [-0.15, -0.1) is 11.6 Å². The molecule has 58 valence electrons. The van der Waals surface area contributed by atoms with Gasteiger partial charge in [0.2, 0.25) is 0 Å². The summed E-state index contributed by atoms with van der Waals surface area (Å²) in [5, 5.41) is 0. The minimum atomic E-state index is 0.246. The van der Waals surface area contributed by atoms with Crippen molar-refractivity contribution in [3.8, 4) is 0 Å². The molecule has 0 heterocycles. The van der Waals surface area contributed by atoms with E-state index < -0.39 is 0 Å². The second-order valence-electron chi connectivity index (χ2n) is 3.48. The fraction of sp³-hybridized carbons (Fsp3) is 0.875. The molecule has 0 spiro atoms. The van der Waals surface area contributed by atoms with Crippen LogP contribution in [0.5, 0.6) is 0 Å². The molecular weight excluding hydrogens is 148 g/mol. The second kappa shape index (κ2) is 2.91. The molecule has 0 aromatic carbocycles. The smallest absolute Gasteiger partial charge is 0.132 e. The third-order valence-electron chi connectivity index (χ3n) is 2.34. The van der Waals surface area contributed by atoms with Gasteiger partial charge in [-0.25, -0.2) is 0 Å². The van der Waals surface area contributed by atoms with Gasteiger partial charge in [0.05, 0.1) is 0 Å². The van der Waals surface area contributed by atoms with Crippen molar-refractivity contribution in [2.24, 2.45) is 5.41 Å². The van der Waals surface area contributed by atoms with E-state index in [2.05, 4.69) is 6.92 Å². The fourth-order valence-electron chi connectivity index (χ4n) is 1.27. The van der Waals surface area contributed by atoms with Crippen LogP contribution in [0.4, 0.5) is 0 Å². The topological polar surface area (TPSA) is 17.1 Å². The number of hydrogen-bond acceptors (Lipinski definition) is 1. The Labute approximate surface area is 66.8 Å². The summed E-state index contributed by atoms with van der Waals surface area (Å²) in [6.07, 6.45) is 3.44. The van der Waals surface area contributed by atoms with Crippen LogP contribution in [-0.4, -0.2) is 11.7 Å². The minimum Gasteiger partial charge on any atom is -0.300 e. The fourth-order valence-corrected chi connectivity index (χ4v) is 1.53. The Bertz CT molecular complexity index is 132. The summed E-state index contributed by atoms with van der Waals surface area (Å²) in [4.78, 5) is 10.8. The molecule has 0 aliphatic heterocycles. The molecule has 10 heavy (non-hydrogen) atoms. The maximum Gasteiger partial charge on any atom is 0.132 e. The van der Waals surface area contributed by atoms with Gasteiger partial charge >= 0.3 is 0 Å². The first-order chi connectivity index (χ1) is 4.66. The molecule has 0 unspecified atom stereocenters. The Kier molecular flexibility index (Phi) is 2.35. The molecule has 1 rings (SSSR count). The first kappa shape index (κ1) is 8.06. The van der Waals surface area contributed by atoms with Crippen LogP contribution in [0.15, 0.2) is 0 Å². The van der Waals surface area contributed by atoms with E-state index in [1.165, 1.54) is 0 Å². The van der Waals surface area contributed by atoms with Gasteiger partial charge in [0, 0.05) is 18.7 Å². The Morgan fingerprint density at radius 2 is 2.00 bits per heavy atom. The van der Waals surface area contributed by atoms with Crippen LogP contribution in [0, 0.1) is 5.41 Å². The average molecular weight is 161 g/mol. The summed E-state index contributed by atoms with van der Waals surface area (Å²) in [5.74, 6) is 1.10. The molecule has 0 amide bonds. The zero-order valence-corrected chi connectivity index (χ0v) is 7.08. The first-order valence-electron chi connectivity index (χ1n) is 3.74. The lowest BCUT2D eigenvalue weighted by Gasteiger charge is -2.30. The normalized spacial score (nSPS) is 24.8. The van der Waals surface area contributed by atoms with Gasteiger partial charge < -0.3 is 0 Å². The molecule has 1 aliphatic carbocycles. The van der Waals surface area contributed by atoms with E-state index in [4.69, 9.17) is 11.6 Å². The molecule has 1 fully saturated rings. The lowest BCUT2D eigenvalue weighted by molar-refractivity contribution is -0.121. The van der Waals surface area contributed by atoms with Crippen LogP contribution in [-0.2, 0) is 4.79 Å². The molecule has 0 N–H and O–H groups in total. The van der Waals surface area contributed by atoms with Crippen LogP contribution < -0.4 is 0 Å². The zero-order chi connectivity index (χ0) is 7.61. The Morgan fingerprint density at radius 3 is 2.40 bits per heavy atom. The number of rotatable bonds is 1. The number of halogens is 1. The Balaban J connectivity index is 2.46. The van der Waals surface area contributed by atoms with Crippen molar-refractivity contribution >= 4 is 17.4 Å². The number of hydrogen-bond donors (Lipinski definition) is 0. The largest absolute Gasteiger partial charge is 0.300 e. The maximum atomic E-state index is 10.8. The molecule has 0 bridgehead atoms. The summed E-state index contributed by atoms with van der Waals surface area (Å²) < 4.78 is 0. The average Bonchev–Trinajstić information content (AvgIpc) is 1.96. The van der Waals surface area contributed by atoms with Crippen molar-refractivity contribution in [2.75, 3.05) is 5.88 Å².